The number of carbonyl (C=O) groups is 1. The second kappa shape index (κ2) is 8.98. The average Bonchev–Trinajstić information content (AvgIpc) is 3.15. The van der Waals surface area contributed by atoms with Gasteiger partial charge in [-0.3, -0.25) is 4.79 Å². The lowest BCUT2D eigenvalue weighted by atomic mass is 9.52. The molecule has 7 nitrogen and oxygen atoms in total. The van der Waals surface area contributed by atoms with Crippen LogP contribution < -0.4 is 15.4 Å². The predicted molar refractivity (Wildman–Crippen MR) is 123 cm³/mol. The fourth-order valence-corrected chi connectivity index (χ4v) is 7.01. The second-order valence-corrected chi connectivity index (χ2v) is 11.5. The fraction of sp³-hybridized carbons (Fsp3) is 0.840. The van der Waals surface area contributed by atoms with E-state index in [0.29, 0.717) is 47.6 Å². The number of ether oxygens (including phenoxy) is 1. The van der Waals surface area contributed by atoms with Gasteiger partial charge in [0.25, 0.3) is 5.91 Å². The van der Waals surface area contributed by atoms with Crippen LogP contribution in [0, 0.1) is 29.6 Å². The molecule has 3 N–H and O–H groups in total. The Kier molecular flexibility index (Phi) is 6.23. The Morgan fingerprint density at radius 1 is 1.28 bits per heavy atom. The predicted octanol–water partition coefficient (Wildman–Crippen LogP) is 2.98. The summed E-state index contributed by atoms with van der Waals surface area (Å²) < 4.78 is 8.04. The van der Waals surface area contributed by atoms with E-state index in [1.54, 1.807) is 6.20 Å². The summed E-state index contributed by atoms with van der Waals surface area (Å²) in [7, 11) is 0. The summed E-state index contributed by atoms with van der Waals surface area (Å²) in [4.78, 5) is 13.4. The van der Waals surface area contributed by atoms with Crippen molar-refractivity contribution in [1.29, 1.82) is 0 Å². The summed E-state index contributed by atoms with van der Waals surface area (Å²) in [5.41, 5.74) is 0.0754. The number of aryl methyl sites for hydroxylation is 1. The number of piperidine rings is 1. The van der Waals surface area contributed by atoms with Crippen molar-refractivity contribution in [2.24, 2.45) is 29.6 Å². The molecule has 5 fully saturated rings. The van der Waals surface area contributed by atoms with Crippen molar-refractivity contribution in [3.8, 4) is 5.88 Å². The van der Waals surface area contributed by atoms with Crippen molar-refractivity contribution in [1.82, 2.24) is 20.4 Å². The van der Waals surface area contributed by atoms with Crippen LogP contribution in [0.4, 0.5) is 0 Å². The molecular weight excluding hydrogens is 404 g/mol. The lowest BCUT2D eigenvalue weighted by molar-refractivity contribution is -0.136. The van der Waals surface area contributed by atoms with E-state index in [2.05, 4.69) is 29.6 Å². The van der Waals surface area contributed by atoms with Crippen molar-refractivity contribution in [2.45, 2.75) is 83.4 Å². The highest BCUT2D eigenvalue weighted by molar-refractivity contribution is 5.96. The van der Waals surface area contributed by atoms with Gasteiger partial charge in [0.1, 0.15) is 5.56 Å². The van der Waals surface area contributed by atoms with Gasteiger partial charge in [-0.25, -0.2) is 4.68 Å². The third-order valence-corrected chi connectivity index (χ3v) is 8.34. The molecule has 6 rings (SSSR count). The van der Waals surface area contributed by atoms with Gasteiger partial charge >= 0.3 is 0 Å². The number of hydrogen-bond donors (Lipinski definition) is 3. The monoisotopic (exact) mass is 444 g/mol. The molecule has 2 heterocycles. The Balaban J connectivity index is 1.28. The van der Waals surface area contributed by atoms with Crippen LogP contribution in [0.5, 0.6) is 5.88 Å². The molecule has 4 bridgehead atoms. The first-order valence-corrected chi connectivity index (χ1v) is 12.8. The molecule has 2 atom stereocenters. The zero-order valence-corrected chi connectivity index (χ0v) is 19.7. The Bertz CT molecular complexity index is 800. The number of amides is 1. The number of nitrogens with one attached hydrogen (secondary N) is 2. The Labute approximate surface area is 191 Å². The molecule has 5 aliphatic rings. The Morgan fingerprint density at radius 2 is 2.00 bits per heavy atom. The van der Waals surface area contributed by atoms with Crippen LogP contribution in [0.2, 0.25) is 0 Å². The van der Waals surface area contributed by atoms with Crippen molar-refractivity contribution < 1.29 is 14.6 Å². The van der Waals surface area contributed by atoms with E-state index >= 15 is 0 Å². The quantitative estimate of drug-likeness (QED) is 0.574. The van der Waals surface area contributed by atoms with Crippen molar-refractivity contribution in [2.75, 3.05) is 19.7 Å². The SMILES string of the molecule is CC(C)COc1c(C(=O)N[C@H]2C3CC4CC2C[C@](O)(C4)C3)cnn1CCC1CCNCC1. The highest BCUT2D eigenvalue weighted by Gasteiger charge is 2.55. The molecule has 4 saturated carbocycles. The van der Waals surface area contributed by atoms with Crippen LogP contribution in [0.25, 0.3) is 0 Å². The topological polar surface area (TPSA) is 88.4 Å². The molecule has 7 heteroatoms. The fourth-order valence-electron chi connectivity index (χ4n) is 7.01. The average molecular weight is 445 g/mol. The highest BCUT2D eigenvalue weighted by atomic mass is 16.5. The molecule has 32 heavy (non-hydrogen) atoms. The zero-order chi connectivity index (χ0) is 22.3. The summed E-state index contributed by atoms with van der Waals surface area (Å²) >= 11 is 0. The maximum absolute atomic E-state index is 13.4. The van der Waals surface area contributed by atoms with Crippen LogP contribution in [0.3, 0.4) is 0 Å². The normalized spacial score (nSPS) is 34.2. The Morgan fingerprint density at radius 3 is 2.66 bits per heavy atom. The van der Waals surface area contributed by atoms with E-state index < -0.39 is 5.60 Å². The summed E-state index contributed by atoms with van der Waals surface area (Å²) in [5, 5.41) is 22.2. The number of aromatic nitrogens is 2. The molecule has 4 aliphatic carbocycles. The first-order chi connectivity index (χ1) is 15.4. The number of nitrogens with zero attached hydrogens (tertiary/aromatic N) is 2. The van der Waals surface area contributed by atoms with Gasteiger partial charge in [-0.2, -0.15) is 5.10 Å². The Hall–Kier alpha value is -1.60. The van der Waals surface area contributed by atoms with Gasteiger partial charge in [-0.05, 0) is 94.0 Å². The molecule has 2 unspecified atom stereocenters. The van der Waals surface area contributed by atoms with Gasteiger partial charge in [0.05, 0.1) is 18.4 Å². The van der Waals surface area contributed by atoms with Crippen LogP contribution in [0.15, 0.2) is 6.20 Å². The van der Waals surface area contributed by atoms with Gasteiger partial charge in [-0.15, -0.1) is 0 Å². The number of carbonyl (C=O) groups excluding carboxylic acids is 1. The van der Waals surface area contributed by atoms with Gasteiger partial charge in [-0.1, -0.05) is 13.8 Å². The first-order valence-electron chi connectivity index (χ1n) is 12.8. The van der Waals surface area contributed by atoms with E-state index in [0.717, 1.165) is 58.2 Å². The van der Waals surface area contributed by atoms with E-state index in [1.165, 1.54) is 12.8 Å². The van der Waals surface area contributed by atoms with Crippen molar-refractivity contribution >= 4 is 5.91 Å². The van der Waals surface area contributed by atoms with E-state index in [-0.39, 0.29) is 11.9 Å². The maximum atomic E-state index is 13.4. The molecule has 1 aromatic heterocycles. The molecule has 1 aliphatic heterocycles. The molecule has 1 saturated heterocycles. The lowest BCUT2D eigenvalue weighted by Gasteiger charge is -2.58. The third kappa shape index (κ3) is 4.56. The van der Waals surface area contributed by atoms with Gasteiger partial charge in [0.2, 0.25) is 5.88 Å². The summed E-state index contributed by atoms with van der Waals surface area (Å²) in [6, 6.07) is 0.162. The number of hydrogen-bond acceptors (Lipinski definition) is 5. The number of aliphatic hydroxyl groups is 1. The molecular formula is C25H40N4O3. The van der Waals surface area contributed by atoms with Crippen LogP contribution in [0.1, 0.15) is 75.6 Å². The molecule has 178 valence electrons. The molecule has 0 spiro atoms. The first kappa shape index (κ1) is 22.2. The zero-order valence-electron chi connectivity index (χ0n) is 19.7. The third-order valence-electron chi connectivity index (χ3n) is 8.34. The lowest BCUT2D eigenvalue weighted by Crippen LogP contribution is -2.61. The molecule has 1 amide bonds. The van der Waals surface area contributed by atoms with Gasteiger partial charge in [0.15, 0.2) is 0 Å². The molecule has 0 radical (unpaired) electrons. The largest absolute Gasteiger partial charge is 0.477 e. The van der Waals surface area contributed by atoms with Crippen molar-refractivity contribution in [3.63, 3.8) is 0 Å². The standard InChI is InChI=1S/C25H40N4O3/c1-16(2)15-32-24-21(14-27-29(24)8-5-17-3-6-26-7-4-17)23(30)28-22-19-9-18-10-20(22)13-25(31,11-18)12-19/h14,16-20,22,26,31H,3-13,15H2,1-2H3,(H,28,30)/t18?,19?,20?,22-,25-. The summed E-state index contributed by atoms with van der Waals surface area (Å²) in [5.74, 6) is 3.05. The highest BCUT2D eigenvalue weighted by Crippen LogP contribution is 2.55. The summed E-state index contributed by atoms with van der Waals surface area (Å²) in [6.07, 6.45) is 10.0. The van der Waals surface area contributed by atoms with E-state index in [4.69, 9.17) is 4.74 Å². The van der Waals surface area contributed by atoms with Crippen molar-refractivity contribution in [3.05, 3.63) is 11.8 Å². The van der Waals surface area contributed by atoms with E-state index in [9.17, 15) is 9.90 Å². The minimum Gasteiger partial charge on any atom is -0.477 e. The van der Waals surface area contributed by atoms with Crippen LogP contribution in [-0.4, -0.2) is 52.1 Å². The molecule has 1 aromatic rings. The summed E-state index contributed by atoms with van der Waals surface area (Å²) in [6.45, 7) is 7.78. The smallest absolute Gasteiger partial charge is 0.258 e. The maximum Gasteiger partial charge on any atom is 0.258 e. The molecule has 0 aromatic carbocycles. The minimum atomic E-state index is -0.483. The van der Waals surface area contributed by atoms with Crippen LogP contribution in [-0.2, 0) is 6.54 Å². The van der Waals surface area contributed by atoms with Gasteiger partial charge in [0, 0.05) is 12.6 Å². The minimum absolute atomic E-state index is 0.0682. The number of rotatable bonds is 8. The van der Waals surface area contributed by atoms with E-state index in [1.807, 2.05) is 4.68 Å². The second-order valence-electron chi connectivity index (χ2n) is 11.5. The van der Waals surface area contributed by atoms with Crippen LogP contribution >= 0.6 is 0 Å². The van der Waals surface area contributed by atoms with Gasteiger partial charge < -0.3 is 20.5 Å².